The SMILES string of the molecule is CN=C(NCC1CCN(Cc2ccc(C)cc2)CC1)N1CCN(c2ccccn2)CC1. The van der Waals surface area contributed by atoms with Crippen LogP contribution in [0.4, 0.5) is 5.82 Å². The van der Waals surface area contributed by atoms with Crippen LogP contribution in [0, 0.1) is 12.8 Å². The molecule has 2 fully saturated rings. The average Bonchev–Trinajstić information content (AvgIpc) is 2.83. The fraction of sp³-hybridized carbons (Fsp3) is 0.520. The number of aromatic nitrogens is 1. The maximum atomic E-state index is 4.56. The number of hydrogen-bond acceptors (Lipinski definition) is 4. The summed E-state index contributed by atoms with van der Waals surface area (Å²) in [6, 6.07) is 15.1. The number of aliphatic imine (C=N–C) groups is 1. The maximum Gasteiger partial charge on any atom is 0.193 e. The molecule has 166 valence electrons. The van der Waals surface area contributed by atoms with E-state index in [-0.39, 0.29) is 0 Å². The van der Waals surface area contributed by atoms with E-state index in [4.69, 9.17) is 0 Å². The van der Waals surface area contributed by atoms with Crippen molar-refractivity contribution in [1.82, 2.24) is 20.1 Å². The van der Waals surface area contributed by atoms with Crippen molar-refractivity contribution < 1.29 is 0 Å². The topological polar surface area (TPSA) is 47.0 Å². The number of anilines is 1. The molecule has 2 aliphatic heterocycles. The van der Waals surface area contributed by atoms with Gasteiger partial charge in [-0.25, -0.2) is 4.98 Å². The number of nitrogens with zero attached hydrogens (tertiary/aromatic N) is 5. The minimum Gasteiger partial charge on any atom is -0.356 e. The molecule has 0 aliphatic carbocycles. The molecule has 0 radical (unpaired) electrons. The number of nitrogens with one attached hydrogen (secondary N) is 1. The number of hydrogen-bond donors (Lipinski definition) is 1. The Hall–Kier alpha value is -2.60. The lowest BCUT2D eigenvalue weighted by atomic mass is 9.96. The van der Waals surface area contributed by atoms with Gasteiger partial charge in [0.05, 0.1) is 0 Å². The third kappa shape index (κ3) is 5.97. The Bertz CT molecular complexity index is 819. The van der Waals surface area contributed by atoms with Gasteiger partial charge in [0.15, 0.2) is 5.96 Å². The van der Waals surface area contributed by atoms with Crippen LogP contribution in [-0.2, 0) is 6.54 Å². The van der Waals surface area contributed by atoms with Crippen LogP contribution in [0.3, 0.4) is 0 Å². The molecule has 0 unspecified atom stereocenters. The fourth-order valence-electron chi connectivity index (χ4n) is 4.56. The van der Waals surface area contributed by atoms with Gasteiger partial charge in [-0.3, -0.25) is 9.89 Å². The standard InChI is InChI=1S/C25H36N6/c1-21-6-8-23(9-7-21)20-29-13-10-22(11-14-29)19-28-25(26-2)31-17-15-30(16-18-31)24-5-3-4-12-27-24/h3-9,12,22H,10-11,13-20H2,1-2H3,(H,26,28). The largest absolute Gasteiger partial charge is 0.356 e. The number of likely N-dealkylation sites (tertiary alicyclic amines) is 1. The number of benzene rings is 1. The molecule has 0 amide bonds. The third-order valence-electron chi connectivity index (χ3n) is 6.55. The smallest absolute Gasteiger partial charge is 0.193 e. The molecular formula is C25H36N6. The Balaban J connectivity index is 1.18. The molecule has 4 rings (SSSR count). The van der Waals surface area contributed by atoms with Gasteiger partial charge < -0.3 is 15.1 Å². The zero-order valence-electron chi connectivity index (χ0n) is 19.0. The van der Waals surface area contributed by atoms with Gasteiger partial charge >= 0.3 is 0 Å². The number of guanidine groups is 1. The van der Waals surface area contributed by atoms with E-state index in [2.05, 4.69) is 73.3 Å². The number of piperazine rings is 1. The van der Waals surface area contributed by atoms with Gasteiger partial charge in [0.1, 0.15) is 5.82 Å². The van der Waals surface area contributed by atoms with Crippen molar-refractivity contribution in [3.63, 3.8) is 0 Å². The summed E-state index contributed by atoms with van der Waals surface area (Å²) in [4.78, 5) is 16.4. The zero-order chi connectivity index (χ0) is 21.5. The summed E-state index contributed by atoms with van der Waals surface area (Å²) in [7, 11) is 1.90. The Labute approximate surface area is 187 Å². The van der Waals surface area contributed by atoms with Gasteiger partial charge in [0, 0.05) is 52.5 Å². The first-order chi connectivity index (χ1) is 15.2. The van der Waals surface area contributed by atoms with Gasteiger partial charge in [-0.05, 0) is 56.5 Å². The Morgan fingerprint density at radius 1 is 1.00 bits per heavy atom. The van der Waals surface area contributed by atoms with E-state index in [1.165, 1.54) is 37.1 Å². The molecule has 6 heteroatoms. The van der Waals surface area contributed by atoms with Gasteiger partial charge in [0.2, 0.25) is 0 Å². The molecule has 1 aromatic carbocycles. The van der Waals surface area contributed by atoms with E-state index in [0.717, 1.165) is 57.0 Å². The lowest BCUT2D eigenvalue weighted by Crippen LogP contribution is -2.53. The molecule has 0 bridgehead atoms. The van der Waals surface area contributed by atoms with E-state index in [1.54, 1.807) is 0 Å². The Morgan fingerprint density at radius 3 is 2.39 bits per heavy atom. The van der Waals surface area contributed by atoms with Crippen molar-refractivity contribution >= 4 is 11.8 Å². The van der Waals surface area contributed by atoms with E-state index < -0.39 is 0 Å². The molecule has 2 aliphatic rings. The van der Waals surface area contributed by atoms with Gasteiger partial charge in [-0.1, -0.05) is 35.9 Å². The van der Waals surface area contributed by atoms with Crippen LogP contribution in [0.2, 0.25) is 0 Å². The molecule has 3 heterocycles. The Morgan fingerprint density at radius 2 is 1.74 bits per heavy atom. The highest BCUT2D eigenvalue weighted by Crippen LogP contribution is 2.19. The van der Waals surface area contributed by atoms with Crippen LogP contribution < -0.4 is 10.2 Å². The molecule has 6 nitrogen and oxygen atoms in total. The molecule has 1 N–H and O–H groups in total. The first-order valence-electron chi connectivity index (χ1n) is 11.6. The van der Waals surface area contributed by atoms with Crippen molar-refractivity contribution in [2.75, 3.05) is 57.8 Å². The molecule has 0 saturated carbocycles. The molecule has 31 heavy (non-hydrogen) atoms. The van der Waals surface area contributed by atoms with Gasteiger partial charge in [-0.15, -0.1) is 0 Å². The van der Waals surface area contributed by atoms with Crippen LogP contribution in [-0.4, -0.2) is 73.6 Å². The van der Waals surface area contributed by atoms with Crippen molar-refractivity contribution in [3.05, 3.63) is 59.8 Å². The number of piperidine rings is 1. The van der Waals surface area contributed by atoms with Crippen molar-refractivity contribution in [2.24, 2.45) is 10.9 Å². The van der Waals surface area contributed by atoms with Crippen molar-refractivity contribution in [3.8, 4) is 0 Å². The first-order valence-corrected chi connectivity index (χ1v) is 11.6. The third-order valence-corrected chi connectivity index (χ3v) is 6.55. The van der Waals surface area contributed by atoms with Gasteiger partial charge in [-0.2, -0.15) is 0 Å². The highest BCUT2D eigenvalue weighted by Gasteiger charge is 2.23. The second-order valence-electron chi connectivity index (χ2n) is 8.80. The van der Waals surface area contributed by atoms with Crippen molar-refractivity contribution in [2.45, 2.75) is 26.3 Å². The fourth-order valence-corrected chi connectivity index (χ4v) is 4.56. The predicted molar refractivity (Wildman–Crippen MR) is 129 cm³/mol. The van der Waals surface area contributed by atoms with E-state index >= 15 is 0 Å². The van der Waals surface area contributed by atoms with Crippen LogP contribution in [0.5, 0.6) is 0 Å². The summed E-state index contributed by atoms with van der Waals surface area (Å²) in [5.74, 6) is 2.84. The van der Waals surface area contributed by atoms with Crippen LogP contribution in [0.25, 0.3) is 0 Å². The summed E-state index contributed by atoms with van der Waals surface area (Å²) in [5, 5.41) is 3.66. The van der Waals surface area contributed by atoms with Crippen LogP contribution in [0.15, 0.2) is 53.7 Å². The summed E-state index contributed by atoms with van der Waals surface area (Å²) in [5.41, 5.74) is 2.76. The van der Waals surface area contributed by atoms with Crippen molar-refractivity contribution in [1.29, 1.82) is 0 Å². The van der Waals surface area contributed by atoms with Crippen LogP contribution in [0.1, 0.15) is 24.0 Å². The van der Waals surface area contributed by atoms with E-state index in [1.807, 2.05) is 19.3 Å². The normalized spacial score (nSPS) is 19.0. The highest BCUT2D eigenvalue weighted by molar-refractivity contribution is 5.80. The minimum atomic E-state index is 0.723. The maximum absolute atomic E-state index is 4.56. The number of rotatable bonds is 5. The lowest BCUT2D eigenvalue weighted by molar-refractivity contribution is 0.177. The monoisotopic (exact) mass is 420 g/mol. The number of aryl methyl sites for hydroxylation is 1. The lowest BCUT2D eigenvalue weighted by Gasteiger charge is -2.38. The van der Waals surface area contributed by atoms with Gasteiger partial charge in [0.25, 0.3) is 0 Å². The number of pyridine rings is 1. The molecular weight excluding hydrogens is 384 g/mol. The Kier molecular flexibility index (Phi) is 7.41. The first kappa shape index (κ1) is 21.6. The van der Waals surface area contributed by atoms with Crippen LogP contribution >= 0.6 is 0 Å². The summed E-state index contributed by atoms with van der Waals surface area (Å²) in [6.07, 6.45) is 4.38. The molecule has 0 spiro atoms. The second-order valence-corrected chi connectivity index (χ2v) is 8.80. The second kappa shape index (κ2) is 10.6. The average molecular weight is 421 g/mol. The predicted octanol–water partition coefficient (Wildman–Crippen LogP) is 3.00. The molecule has 2 saturated heterocycles. The molecule has 2 aromatic rings. The summed E-state index contributed by atoms with van der Waals surface area (Å²) >= 11 is 0. The summed E-state index contributed by atoms with van der Waals surface area (Å²) < 4.78 is 0. The van der Waals surface area contributed by atoms with E-state index in [0.29, 0.717) is 0 Å². The van der Waals surface area contributed by atoms with E-state index in [9.17, 15) is 0 Å². The summed E-state index contributed by atoms with van der Waals surface area (Å²) in [6.45, 7) is 10.5. The zero-order valence-corrected chi connectivity index (χ0v) is 19.0. The minimum absolute atomic E-state index is 0.723. The molecule has 0 atom stereocenters. The quantitative estimate of drug-likeness (QED) is 0.595. The highest BCUT2D eigenvalue weighted by atomic mass is 15.4. The molecule has 1 aromatic heterocycles.